The highest BCUT2D eigenvalue weighted by atomic mass is 16.6. The zero-order valence-electron chi connectivity index (χ0n) is 27.1. The average molecular weight is 613 g/mol. The van der Waals surface area contributed by atoms with Crippen LogP contribution in [0.25, 0.3) is 0 Å². The lowest BCUT2D eigenvalue weighted by atomic mass is 9.60. The van der Waals surface area contributed by atoms with Crippen LogP contribution in [-0.2, 0) is 23.9 Å². The molecule has 3 N–H and O–H groups in total. The van der Waals surface area contributed by atoms with Crippen LogP contribution < -0.4 is 0 Å². The number of hydrogen-bond acceptors (Lipinski definition) is 8. The molecule has 8 atom stereocenters. The van der Waals surface area contributed by atoms with Gasteiger partial charge in [-0.3, -0.25) is 9.59 Å². The third-order valence-electron chi connectivity index (χ3n) is 11.0. The van der Waals surface area contributed by atoms with Crippen LogP contribution in [0.15, 0.2) is 47.6 Å². The molecule has 0 radical (unpaired) electrons. The van der Waals surface area contributed by atoms with Crippen molar-refractivity contribution in [3.8, 4) is 0 Å². The molecule has 2 saturated carbocycles. The highest BCUT2D eigenvalue weighted by Gasteiger charge is 2.85. The summed E-state index contributed by atoms with van der Waals surface area (Å²) in [5, 5.41) is 34.5. The van der Waals surface area contributed by atoms with Gasteiger partial charge in [-0.2, -0.15) is 0 Å². The quantitative estimate of drug-likeness (QED) is 0.0792. The third-order valence-corrected chi connectivity index (χ3v) is 11.0. The average Bonchev–Trinajstić information content (AvgIpc) is 3.42. The molecule has 2 fully saturated rings. The van der Waals surface area contributed by atoms with E-state index in [-0.39, 0.29) is 19.4 Å². The van der Waals surface area contributed by atoms with E-state index in [0.717, 1.165) is 12.8 Å². The van der Waals surface area contributed by atoms with Gasteiger partial charge in [0, 0.05) is 42.6 Å². The molecule has 0 aromatic heterocycles. The third kappa shape index (κ3) is 6.02. The Hall–Kier alpha value is -2.55. The van der Waals surface area contributed by atoms with Gasteiger partial charge in [0.25, 0.3) is 0 Å². The largest absolute Gasteiger partial charge is 0.465 e. The fourth-order valence-corrected chi connectivity index (χ4v) is 8.61. The molecule has 4 aliphatic rings. The molecule has 0 aliphatic heterocycles. The van der Waals surface area contributed by atoms with Gasteiger partial charge in [0.05, 0.1) is 12.2 Å². The van der Waals surface area contributed by atoms with Crippen molar-refractivity contribution < 1.29 is 39.2 Å². The minimum Gasteiger partial charge on any atom is -0.465 e. The van der Waals surface area contributed by atoms with E-state index in [4.69, 9.17) is 9.47 Å². The first-order valence-corrected chi connectivity index (χ1v) is 16.5. The van der Waals surface area contributed by atoms with Crippen LogP contribution in [0, 0.1) is 29.1 Å². The standard InChI is InChI=1S/C36H52O8/c1-6-7-8-9-10-11-12-13-14-15-16-17-30(39)44-35-20-25(3)36(42)28(31(35)33(35,5)23-43-26(4)38)19-27(22-37)21-34(41)29(36)18-24(2)32(34)40/h14-19,25,28-29,31,37,41-42H,6-13,20-23H2,1-5H3/b15-14+,17-16+/t25-,28+,29-,31-,33-,34-,35+,36-/m1/s1. The zero-order valence-corrected chi connectivity index (χ0v) is 27.1. The SMILES string of the molecule is CCCCCCCCC/C=C/C=C/C(=O)O[C@@]12C[C@@H](C)[C@@]3(O)[C@@H](C=C(CO)C[C@]4(O)C(=O)C(C)=C[C@@H]34)[C@@H]1[C@@]2(C)COC(C)=O. The van der Waals surface area contributed by atoms with E-state index in [1.54, 1.807) is 25.2 Å². The van der Waals surface area contributed by atoms with E-state index in [1.807, 2.05) is 26.0 Å². The Morgan fingerprint density at radius 3 is 2.41 bits per heavy atom. The molecule has 4 rings (SSSR count). The fraction of sp³-hybridized carbons (Fsp3) is 0.694. The number of unbranched alkanes of at least 4 members (excludes halogenated alkanes) is 7. The first-order chi connectivity index (χ1) is 20.8. The summed E-state index contributed by atoms with van der Waals surface area (Å²) in [5.41, 5.74) is -4.51. The molecular formula is C36H52O8. The van der Waals surface area contributed by atoms with Crippen molar-refractivity contribution >= 4 is 17.7 Å². The molecule has 0 aromatic rings. The molecule has 0 aromatic carbocycles. The van der Waals surface area contributed by atoms with E-state index >= 15 is 0 Å². The molecule has 0 amide bonds. The number of ether oxygens (including phenoxy) is 2. The fourth-order valence-electron chi connectivity index (χ4n) is 8.61. The number of carbonyl (C=O) groups excluding carboxylic acids is 3. The highest BCUT2D eigenvalue weighted by molar-refractivity contribution is 6.04. The van der Waals surface area contributed by atoms with Gasteiger partial charge < -0.3 is 24.8 Å². The van der Waals surface area contributed by atoms with Gasteiger partial charge in [-0.05, 0) is 43.3 Å². The van der Waals surface area contributed by atoms with Crippen molar-refractivity contribution in [1.29, 1.82) is 0 Å². The number of Topliss-reactive ketones (excluding diaryl/α,β-unsaturated/α-hetero) is 1. The molecule has 0 unspecified atom stereocenters. The number of aliphatic hydroxyl groups excluding tert-OH is 1. The van der Waals surface area contributed by atoms with E-state index in [1.165, 1.54) is 51.5 Å². The van der Waals surface area contributed by atoms with Crippen molar-refractivity contribution in [2.75, 3.05) is 13.2 Å². The van der Waals surface area contributed by atoms with Gasteiger partial charge in [-0.15, -0.1) is 0 Å². The summed E-state index contributed by atoms with van der Waals surface area (Å²) in [7, 11) is 0. The second-order valence-corrected chi connectivity index (χ2v) is 13.9. The molecule has 4 aliphatic carbocycles. The highest BCUT2D eigenvalue weighted by Crippen LogP contribution is 2.76. The maximum atomic E-state index is 13.2. The summed E-state index contributed by atoms with van der Waals surface area (Å²) in [6.45, 7) is 8.49. The lowest BCUT2D eigenvalue weighted by Gasteiger charge is -2.50. The van der Waals surface area contributed by atoms with Crippen molar-refractivity contribution in [3.05, 3.63) is 47.6 Å². The second kappa shape index (κ2) is 13.4. The number of hydrogen-bond donors (Lipinski definition) is 3. The number of ketones is 1. The van der Waals surface area contributed by atoms with Crippen LogP contribution in [0.1, 0.15) is 98.8 Å². The molecule has 8 nitrogen and oxygen atoms in total. The Bertz CT molecular complexity index is 1230. The summed E-state index contributed by atoms with van der Waals surface area (Å²) in [6.07, 6.45) is 20.2. The summed E-state index contributed by atoms with van der Waals surface area (Å²) < 4.78 is 11.7. The first-order valence-electron chi connectivity index (χ1n) is 16.5. The van der Waals surface area contributed by atoms with E-state index in [9.17, 15) is 29.7 Å². The van der Waals surface area contributed by atoms with E-state index < -0.39 is 70.2 Å². The molecular weight excluding hydrogens is 560 g/mol. The maximum Gasteiger partial charge on any atom is 0.331 e. The molecule has 0 heterocycles. The van der Waals surface area contributed by atoms with E-state index in [2.05, 4.69) is 6.92 Å². The van der Waals surface area contributed by atoms with Crippen molar-refractivity contribution in [1.82, 2.24) is 0 Å². The number of aliphatic hydroxyl groups is 3. The summed E-state index contributed by atoms with van der Waals surface area (Å²) in [5.74, 6) is -4.01. The minimum absolute atomic E-state index is 0.0212. The van der Waals surface area contributed by atoms with Crippen molar-refractivity contribution in [3.63, 3.8) is 0 Å². The van der Waals surface area contributed by atoms with Crippen LogP contribution in [-0.4, -0.2) is 63.1 Å². The Morgan fingerprint density at radius 1 is 1.07 bits per heavy atom. The smallest absolute Gasteiger partial charge is 0.331 e. The van der Waals surface area contributed by atoms with E-state index in [0.29, 0.717) is 11.1 Å². The number of carbonyl (C=O) groups is 3. The first kappa shape index (κ1) is 34.3. The normalized spacial score (nSPS) is 37.6. The lowest BCUT2D eigenvalue weighted by molar-refractivity contribution is -0.185. The molecule has 244 valence electrons. The molecule has 0 saturated heterocycles. The predicted molar refractivity (Wildman–Crippen MR) is 167 cm³/mol. The van der Waals surface area contributed by atoms with Gasteiger partial charge in [0.1, 0.15) is 17.8 Å². The lowest BCUT2D eigenvalue weighted by Crippen LogP contribution is -2.61. The van der Waals surface area contributed by atoms with Gasteiger partial charge in [-0.25, -0.2) is 4.79 Å². The number of esters is 2. The Morgan fingerprint density at radius 2 is 1.75 bits per heavy atom. The van der Waals surface area contributed by atoms with Gasteiger partial charge in [-0.1, -0.05) is 89.7 Å². The van der Waals surface area contributed by atoms with Gasteiger partial charge in [0.15, 0.2) is 5.78 Å². The second-order valence-electron chi connectivity index (χ2n) is 13.9. The molecule has 0 bridgehead atoms. The maximum absolute atomic E-state index is 13.2. The number of fused-ring (bicyclic) bond motifs is 5. The van der Waals surface area contributed by atoms with Crippen LogP contribution in [0.5, 0.6) is 0 Å². The van der Waals surface area contributed by atoms with Crippen LogP contribution in [0.4, 0.5) is 0 Å². The van der Waals surface area contributed by atoms with Crippen molar-refractivity contribution in [2.45, 2.75) is 116 Å². The molecule has 8 heteroatoms. The summed E-state index contributed by atoms with van der Waals surface area (Å²) in [6, 6.07) is 0. The zero-order chi connectivity index (χ0) is 32.3. The monoisotopic (exact) mass is 612 g/mol. The number of allylic oxidation sites excluding steroid dienone is 3. The minimum atomic E-state index is -1.88. The van der Waals surface area contributed by atoms with Gasteiger partial charge in [0.2, 0.25) is 0 Å². The van der Waals surface area contributed by atoms with Gasteiger partial charge >= 0.3 is 11.9 Å². The Balaban J connectivity index is 1.54. The Labute approximate surface area is 262 Å². The summed E-state index contributed by atoms with van der Waals surface area (Å²) in [4.78, 5) is 38.3. The topological polar surface area (TPSA) is 130 Å². The number of rotatable bonds is 14. The van der Waals surface area contributed by atoms with Crippen molar-refractivity contribution in [2.24, 2.45) is 29.1 Å². The van der Waals surface area contributed by atoms with Crippen LogP contribution >= 0.6 is 0 Å². The van der Waals surface area contributed by atoms with Crippen LogP contribution in [0.2, 0.25) is 0 Å². The molecule has 0 spiro atoms. The molecule has 44 heavy (non-hydrogen) atoms. The predicted octanol–water partition coefficient (Wildman–Crippen LogP) is 5.31. The Kier molecular flexibility index (Phi) is 10.5. The van der Waals surface area contributed by atoms with Crippen LogP contribution in [0.3, 0.4) is 0 Å². The summed E-state index contributed by atoms with van der Waals surface area (Å²) >= 11 is 0.